The molecule has 2 heteroatoms. The molecule has 2 aliphatic carbocycles. The highest BCUT2D eigenvalue weighted by atomic mass is 16.1. The first-order valence-electron chi connectivity index (χ1n) is 6.56. The van der Waals surface area contributed by atoms with Gasteiger partial charge in [0, 0.05) is 5.92 Å². The summed E-state index contributed by atoms with van der Waals surface area (Å²) in [5, 5.41) is 0. The summed E-state index contributed by atoms with van der Waals surface area (Å²) in [5.41, 5.74) is 5.84. The molecule has 15 heavy (non-hydrogen) atoms. The molecular weight excluding hydrogens is 186 g/mol. The molecule has 0 spiro atoms. The molecule has 2 fully saturated rings. The average molecular weight is 209 g/mol. The van der Waals surface area contributed by atoms with E-state index in [9.17, 15) is 4.79 Å². The minimum Gasteiger partial charge on any atom is -0.319 e. The third-order valence-electron chi connectivity index (χ3n) is 4.21. The fraction of sp³-hybridized carbons (Fsp3) is 0.923. The van der Waals surface area contributed by atoms with Gasteiger partial charge in [-0.2, -0.15) is 0 Å². The van der Waals surface area contributed by atoms with Gasteiger partial charge in [-0.1, -0.05) is 38.5 Å². The van der Waals surface area contributed by atoms with Gasteiger partial charge in [-0.3, -0.25) is 4.79 Å². The van der Waals surface area contributed by atoms with Crippen molar-refractivity contribution in [3.05, 3.63) is 0 Å². The van der Waals surface area contributed by atoms with Crippen molar-refractivity contribution in [2.75, 3.05) is 0 Å². The summed E-state index contributed by atoms with van der Waals surface area (Å²) in [4.78, 5) is 12.3. The second-order valence-corrected chi connectivity index (χ2v) is 5.42. The first-order chi connectivity index (χ1) is 7.22. The lowest BCUT2D eigenvalue weighted by Crippen LogP contribution is -2.52. The Balaban J connectivity index is 1.98. The Kier molecular flexibility index (Phi) is 3.45. The molecular formula is C13H23NO. The lowest BCUT2D eigenvalue weighted by molar-refractivity contribution is -0.130. The second kappa shape index (κ2) is 4.65. The number of carbonyl (C=O) groups is 1. The normalized spacial score (nSPS) is 27.5. The summed E-state index contributed by atoms with van der Waals surface area (Å²) in [6, 6.07) is 0. The summed E-state index contributed by atoms with van der Waals surface area (Å²) >= 11 is 0. The lowest BCUT2D eigenvalue weighted by Gasteiger charge is -2.36. The smallest absolute Gasteiger partial charge is 0.155 e. The standard InChI is InChI=1S/C13H23NO/c14-13(9-5-2-6-10-13)12(15)11-7-3-1-4-8-11/h11H,1-10,14H2. The van der Waals surface area contributed by atoms with Crippen LogP contribution in [0.2, 0.25) is 0 Å². The van der Waals surface area contributed by atoms with E-state index in [2.05, 4.69) is 0 Å². The first-order valence-corrected chi connectivity index (χ1v) is 6.56. The molecule has 2 N–H and O–H groups in total. The van der Waals surface area contributed by atoms with Crippen molar-refractivity contribution in [1.29, 1.82) is 0 Å². The van der Waals surface area contributed by atoms with Gasteiger partial charge in [0.15, 0.2) is 5.78 Å². The van der Waals surface area contributed by atoms with E-state index in [0.29, 0.717) is 11.7 Å². The molecule has 0 aliphatic heterocycles. The molecule has 2 rings (SSSR count). The molecule has 0 unspecified atom stereocenters. The van der Waals surface area contributed by atoms with Gasteiger partial charge in [-0.25, -0.2) is 0 Å². The van der Waals surface area contributed by atoms with E-state index in [4.69, 9.17) is 5.73 Å². The van der Waals surface area contributed by atoms with E-state index in [0.717, 1.165) is 38.5 Å². The van der Waals surface area contributed by atoms with Crippen LogP contribution in [0.15, 0.2) is 0 Å². The number of rotatable bonds is 2. The van der Waals surface area contributed by atoms with Crippen LogP contribution in [0.25, 0.3) is 0 Å². The van der Waals surface area contributed by atoms with Crippen LogP contribution in [0.4, 0.5) is 0 Å². The molecule has 0 heterocycles. The van der Waals surface area contributed by atoms with E-state index in [-0.39, 0.29) is 0 Å². The Bertz CT molecular complexity index is 225. The number of Topliss-reactive ketones (excluding diaryl/α,β-unsaturated/α-hetero) is 1. The highest BCUT2D eigenvalue weighted by Crippen LogP contribution is 2.33. The quantitative estimate of drug-likeness (QED) is 0.760. The van der Waals surface area contributed by atoms with Gasteiger partial charge in [-0.05, 0) is 25.7 Å². The number of carbonyl (C=O) groups excluding carboxylic acids is 1. The number of nitrogens with two attached hydrogens (primary N) is 1. The second-order valence-electron chi connectivity index (χ2n) is 5.42. The minimum atomic E-state index is -0.444. The summed E-state index contributed by atoms with van der Waals surface area (Å²) in [7, 11) is 0. The van der Waals surface area contributed by atoms with Gasteiger partial charge < -0.3 is 5.73 Å². The molecule has 0 aromatic carbocycles. The van der Waals surface area contributed by atoms with Crippen LogP contribution in [0.5, 0.6) is 0 Å². The van der Waals surface area contributed by atoms with Gasteiger partial charge >= 0.3 is 0 Å². The maximum absolute atomic E-state index is 12.3. The van der Waals surface area contributed by atoms with Gasteiger partial charge in [0.2, 0.25) is 0 Å². The van der Waals surface area contributed by atoms with Crippen molar-refractivity contribution >= 4 is 5.78 Å². The largest absolute Gasteiger partial charge is 0.319 e. The third-order valence-corrected chi connectivity index (χ3v) is 4.21. The Morgan fingerprint density at radius 2 is 1.47 bits per heavy atom. The Hall–Kier alpha value is -0.370. The highest BCUT2D eigenvalue weighted by Gasteiger charge is 2.39. The number of hydrogen-bond donors (Lipinski definition) is 1. The maximum Gasteiger partial charge on any atom is 0.155 e. The first kappa shape index (κ1) is 11.1. The van der Waals surface area contributed by atoms with E-state index in [1.54, 1.807) is 0 Å². The number of hydrogen-bond acceptors (Lipinski definition) is 2. The van der Waals surface area contributed by atoms with Crippen molar-refractivity contribution < 1.29 is 4.79 Å². The Labute approximate surface area is 92.6 Å². The van der Waals surface area contributed by atoms with Crippen molar-refractivity contribution in [3.63, 3.8) is 0 Å². The molecule has 0 saturated heterocycles. The van der Waals surface area contributed by atoms with Crippen LogP contribution in [0.3, 0.4) is 0 Å². The Morgan fingerprint density at radius 1 is 0.933 bits per heavy atom. The van der Waals surface area contributed by atoms with Crippen molar-refractivity contribution in [2.45, 2.75) is 69.7 Å². The molecule has 2 aliphatic rings. The van der Waals surface area contributed by atoms with Crippen LogP contribution in [-0.4, -0.2) is 11.3 Å². The predicted molar refractivity (Wildman–Crippen MR) is 61.6 cm³/mol. The fourth-order valence-corrected chi connectivity index (χ4v) is 3.20. The van der Waals surface area contributed by atoms with Crippen molar-refractivity contribution in [2.24, 2.45) is 11.7 Å². The Morgan fingerprint density at radius 3 is 2.07 bits per heavy atom. The summed E-state index contributed by atoms with van der Waals surface area (Å²) in [6.45, 7) is 0. The molecule has 86 valence electrons. The topological polar surface area (TPSA) is 43.1 Å². The molecule has 0 bridgehead atoms. The van der Waals surface area contributed by atoms with Crippen molar-refractivity contribution in [3.8, 4) is 0 Å². The van der Waals surface area contributed by atoms with Gasteiger partial charge in [0.25, 0.3) is 0 Å². The molecule has 0 atom stereocenters. The van der Waals surface area contributed by atoms with Crippen LogP contribution in [0.1, 0.15) is 64.2 Å². The SMILES string of the molecule is NC1(C(=O)C2CCCCC2)CCCCC1. The monoisotopic (exact) mass is 209 g/mol. The number of ketones is 1. The van der Waals surface area contributed by atoms with Crippen LogP contribution >= 0.6 is 0 Å². The molecule has 2 nitrogen and oxygen atoms in total. The van der Waals surface area contributed by atoms with E-state index in [1.807, 2.05) is 0 Å². The van der Waals surface area contributed by atoms with Crippen molar-refractivity contribution in [1.82, 2.24) is 0 Å². The molecule has 0 aromatic heterocycles. The zero-order chi connectivity index (χ0) is 10.7. The van der Waals surface area contributed by atoms with E-state index >= 15 is 0 Å². The van der Waals surface area contributed by atoms with Crippen LogP contribution in [-0.2, 0) is 4.79 Å². The summed E-state index contributed by atoms with van der Waals surface area (Å²) in [5.74, 6) is 0.684. The predicted octanol–water partition coefficient (Wildman–Crippen LogP) is 2.80. The van der Waals surface area contributed by atoms with E-state index in [1.165, 1.54) is 25.7 Å². The maximum atomic E-state index is 12.3. The molecule has 0 radical (unpaired) electrons. The molecule has 0 amide bonds. The summed E-state index contributed by atoms with van der Waals surface area (Å²) < 4.78 is 0. The highest BCUT2D eigenvalue weighted by molar-refractivity contribution is 5.90. The molecule has 2 saturated carbocycles. The van der Waals surface area contributed by atoms with Crippen LogP contribution < -0.4 is 5.73 Å². The lowest BCUT2D eigenvalue weighted by atomic mass is 9.72. The zero-order valence-electron chi connectivity index (χ0n) is 9.63. The molecule has 0 aromatic rings. The van der Waals surface area contributed by atoms with E-state index < -0.39 is 5.54 Å². The summed E-state index contributed by atoms with van der Waals surface area (Å²) in [6.07, 6.45) is 11.4. The zero-order valence-corrected chi connectivity index (χ0v) is 9.63. The van der Waals surface area contributed by atoms with Gasteiger partial charge in [0.1, 0.15) is 0 Å². The van der Waals surface area contributed by atoms with Crippen LogP contribution in [0, 0.1) is 5.92 Å². The minimum absolute atomic E-state index is 0.293. The van der Waals surface area contributed by atoms with Gasteiger partial charge in [-0.15, -0.1) is 0 Å². The van der Waals surface area contributed by atoms with Gasteiger partial charge in [0.05, 0.1) is 5.54 Å². The third kappa shape index (κ3) is 2.41. The average Bonchev–Trinajstić information content (AvgIpc) is 2.30. The fourth-order valence-electron chi connectivity index (χ4n) is 3.20.